The predicted octanol–water partition coefficient (Wildman–Crippen LogP) is 1.26. The van der Waals surface area contributed by atoms with Crippen molar-refractivity contribution in [2.45, 2.75) is 20.4 Å². The zero-order valence-electron chi connectivity index (χ0n) is 11.3. The van der Waals surface area contributed by atoms with Crippen LogP contribution in [0.3, 0.4) is 0 Å². The van der Waals surface area contributed by atoms with Crippen molar-refractivity contribution in [3.63, 3.8) is 0 Å². The van der Waals surface area contributed by atoms with Crippen LogP contribution in [0.15, 0.2) is 0 Å². The Kier molecular flexibility index (Phi) is 6.61. The first kappa shape index (κ1) is 15.7. The normalized spacial score (nSPS) is 10.5. The summed E-state index contributed by atoms with van der Waals surface area (Å²) < 4.78 is 9.80. The molecular formula is C12H18N2O4S. The van der Waals surface area contributed by atoms with Gasteiger partial charge in [-0.05, 0) is 6.92 Å². The van der Waals surface area contributed by atoms with Crippen molar-refractivity contribution in [3.8, 4) is 0 Å². The summed E-state index contributed by atoms with van der Waals surface area (Å²) in [7, 11) is 1.62. The summed E-state index contributed by atoms with van der Waals surface area (Å²) in [6.07, 6.45) is 0. The highest BCUT2D eigenvalue weighted by Crippen LogP contribution is 2.20. The van der Waals surface area contributed by atoms with Crippen molar-refractivity contribution >= 4 is 23.1 Å². The molecule has 7 heteroatoms. The lowest BCUT2D eigenvalue weighted by Crippen LogP contribution is -2.18. The van der Waals surface area contributed by atoms with Crippen LogP contribution in [0, 0.1) is 0 Å². The number of aromatic nitrogens is 1. The zero-order valence-corrected chi connectivity index (χ0v) is 12.1. The number of carbonyl (C=O) groups is 2. The van der Waals surface area contributed by atoms with Gasteiger partial charge in [0.05, 0.1) is 13.2 Å². The minimum atomic E-state index is -0.549. The van der Waals surface area contributed by atoms with Crippen molar-refractivity contribution in [1.29, 1.82) is 0 Å². The Balaban J connectivity index is 2.76. The third-order valence-corrected chi connectivity index (χ3v) is 3.38. The van der Waals surface area contributed by atoms with Gasteiger partial charge in [-0.15, -0.1) is 11.3 Å². The number of Topliss-reactive ketones (excluding diaryl/α,β-unsaturated/α-hetero) is 1. The van der Waals surface area contributed by atoms with Crippen LogP contribution in [0.1, 0.15) is 39.0 Å². The average molecular weight is 286 g/mol. The van der Waals surface area contributed by atoms with E-state index in [1.165, 1.54) is 18.3 Å². The minimum Gasteiger partial charge on any atom is -0.461 e. The molecule has 1 rings (SSSR count). The van der Waals surface area contributed by atoms with Gasteiger partial charge in [-0.25, -0.2) is 9.78 Å². The number of thiazole rings is 1. The van der Waals surface area contributed by atoms with Crippen LogP contribution in [0.4, 0.5) is 0 Å². The highest BCUT2D eigenvalue weighted by Gasteiger charge is 2.21. The molecule has 1 N–H and O–H groups in total. The van der Waals surface area contributed by atoms with E-state index in [2.05, 4.69) is 10.3 Å². The van der Waals surface area contributed by atoms with E-state index >= 15 is 0 Å². The summed E-state index contributed by atoms with van der Waals surface area (Å²) in [6, 6.07) is 0. The monoisotopic (exact) mass is 286 g/mol. The quantitative estimate of drug-likeness (QED) is 0.440. The molecule has 0 atom stereocenters. The molecule has 0 aliphatic carbocycles. The van der Waals surface area contributed by atoms with Gasteiger partial charge < -0.3 is 14.8 Å². The maximum absolute atomic E-state index is 11.7. The summed E-state index contributed by atoms with van der Waals surface area (Å²) in [4.78, 5) is 27.7. The molecule has 0 aliphatic rings. The molecule has 0 amide bonds. The average Bonchev–Trinajstić information content (AvgIpc) is 2.79. The Bertz CT molecular complexity index is 445. The molecule has 1 aromatic heterocycles. The fourth-order valence-electron chi connectivity index (χ4n) is 1.39. The van der Waals surface area contributed by atoms with Gasteiger partial charge in [0.2, 0.25) is 0 Å². The summed E-state index contributed by atoms with van der Waals surface area (Å²) in [5.41, 5.74) is 0.114. The van der Waals surface area contributed by atoms with E-state index in [0.717, 1.165) is 0 Å². The number of carbonyl (C=O) groups excluding carboxylic acids is 2. The molecule has 6 nitrogen and oxygen atoms in total. The number of rotatable bonds is 8. The first-order chi connectivity index (χ1) is 9.10. The summed E-state index contributed by atoms with van der Waals surface area (Å²) in [5, 5.41) is 3.80. The van der Waals surface area contributed by atoms with Crippen LogP contribution < -0.4 is 5.32 Å². The molecule has 0 aromatic carbocycles. The summed E-state index contributed by atoms with van der Waals surface area (Å²) in [5.74, 6) is -0.726. The molecule has 0 saturated heterocycles. The van der Waals surface area contributed by atoms with E-state index in [4.69, 9.17) is 9.47 Å². The molecule has 106 valence electrons. The van der Waals surface area contributed by atoms with E-state index in [1.807, 2.05) is 0 Å². The van der Waals surface area contributed by atoms with Crippen LogP contribution in [0.5, 0.6) is 0 Å². The van der Waals surface area contributed by atoms with Crippen LogP contribution in [-0.4, -0.2) is 43.6 Å². The number of hydrogen-bond acceptors (Lipinski definition) is 7. The summed E-state index contributed by atoms with van der Waals surface area (Å²) >= 11 is 1.22. The molecule has 0 saturated carbocycles. The largest absolute Gasteiger partial charge is 0.461 e. The van der Waals surface area contributed by atoms with E-state index in [9.17, 15) is 9.59 Å². The van der Waals surface area contributed by atoms with Crippen molar-refractivity contribution in [3.05, 3.63) is 15.6 Å². The summed E-state index contributed by atoms with van der Waals surface area (Å²) in [6.45, 7) is 5.15. The predicted molar refractivity (Wildman–Crippen MR) is 71.7 cm³/mol. The van der Waals surface area contributed by atoms with Crippen molar-refractivity contribution in [2.24, 2.45) is 0 Å². The van der Waals surface area contributed by atoms with E-state index in [0.29, 0.717) is 29.6 Å². The van der Waals surface area contributed by atoms with Crippen molar-refractivity contribution in [2.75, 3.05) is 26.9 Å². The van der Waals surface area contributed by atoms with Gasteiger partial charge in [0.1, 0.15) is 9.88 Å². The lowest BCUT2D eigenvalue weighted by atomic mass is 10.3. The highest BCUT2D eigenvalue weighted by molar-refractivity contribution is 7.14. The van der Waals surface area contributed by atoms with E-state index in [-0.39, 0.29) is 18.1 Å². The molecule has 1 aromatic rings. The second-order valence-electron chi connectivity index (χ2n) is 3.73. The number of esters is 1. The number of methoxy groups -OCH3 is 1. The molecule has 0 aliphatic heterocycles. The highest BCUT2D eigenvalue weighted by atomic mass is 32.1. The van der Waals surface area contributed by atoms with Gasteiger partial charge in [-0.2, -0.15) is 0 Å². The fraction of sp³-hybridized carbons (Fsp3) is 0.583. The van der Waals surface area contributed by atoms with Gasteiger partial charge in [-0.1, -0.05) is 0 Å². The van der Waals surface area contributed by atoms with Crippen LogP contribution in [0.25, 0.3) is 0 Å². The van der Waals surface area contributed by atoms with Gasteiger partial charge >= 0.3 is 5.97 Å². The topological polar surface area (TPSA) is 77.5 Å². The molecular weight excluding hydrogens is 268 g/mol. The molecule has 0 radical (unpaired) electrons. The second kappa shape index (κ2) is 7.98. The SMILES string of the molecule is CCOC(=O)c1nc(CNCCOC)sc1C(C)=O. The first-order valence-electron chi connectivity index (χ1n) is 5.97. The Hall–Kier alpha value is -1.31. The number of nitrogens with one attached hydrogen (secondary N) is 1. The maximum atomic E-state index is 11.7. The Labute approximate surface area is 116 Å². The lowest BCUT2D eigenvalue weighted by Gasteiger charge is -2.00. The number of ketones is 1. The third kappa shape index (κ3) is 4.70. The molecule has 0 bridgehead atoms. The third-order valence-electron chi connectivity index (χ3n) is 2.22. The number of ether oxygens (including phenoxy) is 2. The number of hydrogen-bond donors (Lipinski definition) is 1. The van der Waals surface area contributed by atoms with Crippen molar-refractivity contribution in [1.82, 2.24) is 10.3 Å². The lowest BCUT2D eigenvalue weighted by molar-refractivity contribution is 0.0517. The first-order valence-corrected chi connectivity index (χ1v) is 6.79. The van der Waals surface area contributed by atoms with Gasteiger partial charge in [0, 0.05) is 27.1 Å². The zero-order chi connectivity index (χ0) is 14.3. The number of nitrogens with zero attached hydrogens (tertiary/aromatic N) is 1. The van der Waals surface area contributed by atoms with E-state index < -0.39 is 5.97 Å². The maximum Gasteiger partial charge on any atom is 0.358 e. The molecule has 0 fully saturated rings. The Morgan fingerprint density at radius 1 is 1.42 bits per heavy atom. The molecule has 1 heterocycles. The molecule has 0 spiro atoms. The van der Waals surface area contributed by atoms with Gasteiger partial charge in [0.25, 0.3) is 0 Å². The standard InChI is InChI=1S/C12H18N2O4S/c1-4-18-12(16)10-11(8(2)15)19-9(14-10)7-13-5-6-17-3/h13H,4-7H2,1-3H3. The van der Waals surface area contributed by atoms with Crippen LogP contribution >= 0.6 is 11.3 Å². The van der Waals surface area contributed by atoms with Crippen molar-refractivity contribution < 1.29 is 19.1 Å². The van der Waals surface area contributed by atoms with Crippen LogP contribution in [-0.2, 0) is 16.0 Å². The smallest absolute Gasteiger partial charge is 0.358 e. The minimum absolute atomic E-state index is 0.114. The van der Waals surface area contributed by atoms with Gasteiger partial charge in [-0.3, -0.25) is 4.79 Å². The van der Waals surface area contributed by atoms with Gasteiger partial charge in [0.15, 0.2) is 11.5 Å². The molecule has 19 heavy (non-hydrogen) atoms. The van der Waals surface area contributed by atoms with E-state index in [1.54, 1.807) is 14.0 Å². The van der Waals surface area contributed by atoms with Crippen LogP contribution in [0.2, 0.25) is 0 Å². The Morgan fingerprint density at radius 3 is 2.74 bits per heavy atom. The fourth-order valence-corrected chi connectivity index (χ4v) is 2.30. The Morgan fingerprint density at radius 2 is 2.16 bits per heavy atom. The second-order valence-corrected chi connectivity index (χ2v) is 4.82. The molecule has 0 unspecified atom stereocenters.